The van der Waals surface area contributed by atoms with E-state index in [4.69, 9.17) is 16.3 Å². The molecule has 1 fully saturated rings. The molecule has 0 atom stereocenters. The molecule has 32 heavy (non-hydrogen) atoms. The first-order valence-corrected chi connectivity index (χ1v) is 10.0. The fourth-order valence-corrected chi connectivity index (χ4v) is 3.31. The van der Waals surface area contributed by atoms with Gasteiger partial charge in [-0.3, -0.25) is 14.9 Å². The second-order valence-corrected chi connectivity index (χ2v) is 7.30. The van der Waals surface area contributed by atoms with Crippen molar-refractivity contribution in [3.63, 3.8) is 0 Å². The molecule has 2 aromatic carbocycles. The van der Waals surface area contributed by atoms with Crippen LogP contribution in [0.4, 0.5) is 14.9 Å². The summed E-state index contributed by atoms with van der Waals surface area (Å²) in [6, 6.07) is 14.4. The van der Waals surface area contributed by atoms with Crippen molar-refractivity contribution in [2.24, 2.45) is 0 Å². The number of anilines is 1. The molecule has 9 heteroatoms. The summed E-state index contributed by atoms with van der Waals surface area (Å²) in [6.45, 7) is 0.790. The zero-order valence-electron chi connectivity index (χ0n) is 16.6. The number of barbiturate groups is 1. The van der Waals surface area contributed by atoms with E-state index in [-0.39, 0.29) is 11.3 Å². The Labute approximate surface area is 187 Å². The standard InChI is InChI=1S/C23H17ClFN3O4/c24-15-3-9-19(10-4-15)32-13-12-27-11-1-2-18(27)14-20-21(29)26-23(31)28(22(20)30)17-7-5-16(25)6-8-17/h1-11,14H,12-13H2,(H,26,29,31). The van der Waals surface area contributed by atoms with E-state index in [1.165, 1.54) is 18.2 Å². The summed E-state index contributed by atoms with van der Waals surface area (Å²) < 4.78 is 20.7. The quantitative estimate of drug-likeness (QED) is 0.451. The van der Waals surface area contributed by atoms with Gasteiger partial charge in [0, 0.05) is 16.9 Å². The van der Waals surface area contributed by atoms with Gasteiger partial charge in [-0.25, -0.2) is 14.1 Å². The normalized spacial score (nSPS) is 15.2. The van der Waals surface area contributed by atoms with E-state index in [2.05, 4.69) is 5.32 Å². The molecule has 1 N–H and O–H groups in total. The lowest BCUT2D eigenvalue weighted by molar-refractivity contribution is -0.122. The number of benzene rings is 2. The van der Waals surface area contributed by atoms with Crippen LogP contribution in [-0.4, -0.2) is 29.0 Å². The molecule has 0 bridgehead atoms. The number of urea groups is 1. The number of halogens is 2. The van der Waals surface area contributed by atoms with E-state index in [1.807, 2.05) is 4.57 Å². The van der Waals surface area contributed by atoms with Gasteiger partial charge in [-0.05, 0) is 66.7 Å². The number of amides is 4. The minimum Gasteiger partial charge on any atom is -0.492 e. The molecule has 0 spiro atoms. The van der Waals surface area contributed by atoms with Gasteiger partial charge in [0.1, 0.15) is 23.7 Å². The molecule has 0 aliphatic carbocycles. The lowest BCUT2D eigenvalue weighted by atomic mass is 10.1. The molecule has 162 valence electrons. The van der Waals surface area contributed by atoms with Gasteiger partial charge < -0.3 is 9.30 Å². The van der Waals surface area contributed by atoms with Gasteiger partial charge in [0.05, 0.1) is 12.2 Å². The monoisotopic (exact) mass is 453 g/mol. The number of imide groups is 2. The number of carbonyl (C=O) groups excluding carboxylic acids is 3. The van der Waals surface area contributed by atoms with Crippen molar-refractivity contribution in [1.82, 2.24) is 9.88 Å². The van der Waals surface area contributed by atoms with Gasteiger partial charge in [0.2, 0.25) is 0 Å². The van der Waals surface area contributed by atoms with Crippen LogP contribution < -0.4 is 15.0 Å². The number of ether oxygens (including phenoxy) is 1. The van der Waals surface area contributed by atoms with E-state index in [0.29, 0.717) is 29.6 Å². The Morgan fingerprint density at radius 2 is 1.72 bits per heavy atom. The van der Waals surface area contributed by atoms with Gasteiger partial charge in [-0.2, -0.15) is 0 Å². The average Bonchev–Trinajstić information content (AvgIpc) is 3.21. The molecule has 2 heterocycles. The Kier molecular flexibility index (Phi) is 6.04. The minimum absolute atomic E-state index is 0.152. The van der Waals surface area contributed by atoms with Crippen molar-refractivity contribution in [1.29, 1.82) is 0 Å². The van der Waals surface area contributed by atoms with Crippen LogP contribution >= 0.6 is 11.6 Å². The molecule has 0 saturated carbocycles. The number of rotatable bonds is 6. The van der Waals surface area contributed by atoms with Crippen LogP contribution in [0.5, 0.6) is 5.75 Å². The van der Waals surface area contributed by atoms with Crippen LogP contribution in [0.15, 0.2) is 72.4 Å². The third-order valence-corrected chi connectivity index (χ3v) is 5.01. The highest BCUT2D eigenvalue weighted by molar-refractivity contribution is 6.39. The van der Waals surface area contributed by atoms with Crippen LogP contribution in [0.25, 0.3) is 6.08 Å². The third-order valence-electron chi connectivity index (χ3n) is 4.76. The maximum absolute atomic E-state index is 13.2. The molecule has 1 saturated heterocycles. The van der Waals surface area contributed by atoms with Gasteiger partial charge in [0.15, 0.2) is 0 Å². The Hall–Kier alpha value is -3.91. The first-order valence-electron chi connectivity index (χ1n) is 9.63. The Morgan fingerprint density at radius 3 is 2.44 bits per heavy atom. The smallest absolute Gasteiger partial charge is 0.335 e. The molecule has 7 nitrogen and oxygen atoms in total. The van der Waals surface area contributed by atoms with Crippen LogP contribution in [0.1, 0.15) is 5.69 Å². The molecule has 0 radical (unpaired) electrons. The predicted octanol–water partition coefficient (Wildman–Crippen LogP) is 4.03. The van der Waals surface area contributed by atoms with Crippen molar-refractivity contribution in [3.05, 3.63) is 89.0 Å². The summed E-state index contributed by atoms with van der Waals surface area (Å²) >= 11 is 5.86. The number of hydrogen-bond donors (Lipinski definition) is 1. The molecule has 1 aromatic heterocycles. The first kappa shape index (κ1) is 21.3. The van der Waals surface area contributed by atoms with Crippen LogP contribution in [0.2, 0.25) is 5.02 Å². The SMILES string of the molecule is O=C1NC(=O)N(c2ccc(F)cc2)C(=O)C1=Cc1cccn1CCOc1ccc(Cl)cc1. The van der Waals surface area contributed by atoms with E-state index < -0.39 is 23.7 Å². The summed E-state index contributed by atoms with van der Waals surface area (Å²) in [4.78, 5) is 38.3. The fraction of sp³-hybridized carbons (Fsp3) is 0.0870. The van der Waals surface area contributed by atoms with Gasteiger partial charge in [-0.1, -0.05) is 11.6 Å². The number of aromatic nitrogens is 1. The topological polar surface area (TPSA) is 80.6 Å². The Bertz CT molecular complexity index is 1200. The maximum atomic E-state index is 13.2. The highest BCUT2D eigenvalue weighted by Gasteiger charge is 2.36. The van der Waals surface area contributed by atoms with Crippen LogP contribution in [-0.2, 0) is 16.1 Å². The zero-order chi connectivity index (χ0) is 22.7. The zero-order valence-corrected chi connectivity index (χ0v) is 17.4. The average molecular weight is 454 g/mol. The second-order valence-electron chi connectivity index (χ2n) is 6.86. The summed E-state index contributed by atoms with van der Waals surface area (Å²) in [5, 5.41) is 2.76. The minimum atomic E-state index is -0.893. The van der Waals surface area contributed by atoms with E-state index in [0.717, 1.165) is 17.0 Å². The molecule has 4 rings (SSSR count). The molecule has 0 unspecified atom stereocenters. The van der Waals surface area contributed by atoms with Gasteiger partial charge in [0.25, 0.3) is 11.8 Å². The molecular formula is C23H17ClFN3O4. The summed E-state index contributed by atoms with van der Waals surface area (Å²) in [5.74, 6) is -1.44. The number of hydrogen-bond acceptors (Lipinski definition) is 4. The number of nitrogens with one attached hydrogen (secondary N) is 1. The summed E-state index contributed by atoms with van der Waals surface area (Å²) in [7, 11) is 0. The third kappa shape index (κ3) is 4.55. The van der Waals surface area contributed by atoms with E-state index >= 15 is 0 Å². The van der Waals surface area contributed by atoms with Crippen molar-refractivity contribution in [3.8, 4) is 5.75 Å². The number of carbonyl (C=O) groups is 3. The van der Waals surface area contributed by atoms with Gasteiger partial charge >= 0.3 is 6.03 Å². The molecule has 4 amide bonds. The van der Waals surface area contributed by atoms with E-state index in [9.17, 15) is 18.8 Å². The molecule has 1 aliphatic rings. The van der Waals surface area contributed by atoms with Crippen molar-refractivity contribution >= 4 is 41.2 Å². The van der Waals surface area contributed by atoms with Crippen LogP contribution in [0.3, 0.4) is 0 Å². The van der Waals surface area contributed by atoms with Gasteiger partial charge in [-0.15, -0.1) is 0 Å². The molecule has 1 aliphatic heterocycles. The largest absolute Gasteiger partial charge is 0.492 e. The van der Waals surface area contributed by atoms with Crippen molar-refractivity contribution < 1.29 is 23.5 Å². The molecule has 3 aromatic rings. The fourth-order valence-electron chi connectivity index (χ4n) is 3.18. The maximum Gasteiger partial charge on any atom is 0.335 e. The molecular weight excluding hydrogens is 437 g/mol. The lowest BCUT2D eigenvalue weighted by Crippen LogP contribution is -2.54. The Morgan fingerprint density at radius 1 is 1.00 bits per heavy atom. The van der Waals surface area contributed by atoms with Crippen LogP contribution in [0, 0.1) is 5.82 Å². The lowest BCUT2D eigenvalue weighted by Gasteiger charge is -2.26. The highest BCUT2D eigenvalue weighted by Crippen LogP contribution is 2.22. The summed E-state index contributed by atoms with van der Waals surface area (Å²) in [5.41, 5.74) is 0.517. The predicted molar refractivity (Wildman–Crippen MR) is 117 cm³/mol. The summed E-state index contributed by atoms with van der Waals surface area (Å²) in [6.07, 6.45) is 3.19. The first-order chi connectivity index (χ1) is 15.4. The van der Waals surface area contributed by atoms with E-state index in [1.54, 1.807) is 42.6 Å². The highest BCUT2D eigenvalue weighted by atomic mass is 35.5. The number of nitrogens with zero attached hydrogens (tertiary/aromatic N) is 2. The second kappa shape index (κ2) is 9.07. The Balaban J connectivity index is 1.52. The van der Waals surface area contributed by atoms with Crippen molar-refractivity contribution in [2.75, 3.05) is 11.5 Å². The van der Waals surface area contributed by atoms with Crippen molar-refractivity contribution in [2.45, 2.75) is 6.54 Å².